The van der Waals surface area contributed by atoms with Crippen LogP contribution in [-0.2, 0) is 14.8 Å². The number of hydrogen-bond acceptors (Lipinski definition) is 5. The van der Waals surface area contributed by atoms with Crippen molar-refractivity contribution < 1.29 is 28.2 Å². The van der Waals surface area contributed by atoms with Crippen molar-refractivity contribution >= 4 is 21.9 Å². The number of carboxylic acid groups (broad SMARTS) is 1. The van der Waals surface area contributed by atoms with E-state index in [1.54, 1.807) is 0 Å². The highest BCUT2D eigenvalue weighted by atomic mass is 32.2. The zero-order chi connectivity index (χ0) is 17.7. The van der Waals surface area contributed by atoms with Gasteiger partial charge in [-0.1, -0.05) is 0 Å². The maximum Gasteiger partial charge on any atom is 0.313 e. The van der Waals surface area contributed by atoms with E-state index in [0.717, 1.165) is 6.26 Å². The van der Waals surface area contributed by atoms with Crippen molar-refractivity contribution in [2.24, 2.45) is 11.3 Å². The lowest BCUT2D eigenvalue weighted by Gasteiger charge is -2.24. The fourth-order valence-corrected chi connectivity index (χ4v) is 4.43. The van der Waals surface area contributed by atoms with E-state index in [0.29, 0.717) is 5.56 Å². The van der Waals surface area contributed by atoms with Gasteiger partial charge in [-0.3, -0.25) is 9.59 Å². The Balaban J connectivity index is 1.84. The predicted molar refractivity (Wildman–Crippen MR) is 84.0 cm³/mol. The number of aliphatic carboxylic acids is 1. The van der Waals surface area contributed by atoms with E-state index >= 15 is 0 Å². The molecular weight excluding hydrogens is 336 g/mol. The molecule has 3 rings (SSSR count). The van der Waals surface area contributed by atoms with Crippen LogP contribution in [0.4, 0.5) is 0 Å². The summed E-state index contributed by atoms with van der Waals surface area (Å²) < 4.78 is 24.6. The quantitative estimate of drug-likeness (QED) is 0.777. The van der Waals surface area contributed by atoms with Crippen LogP contribution in [-0.4, -0.2) is 72.1 Å². The number of carbonyl (C=O) groups is 2. The Kier molecular flexibility index (Phi) is 3.80. The normalized spacial score (nSPS) is 27.2. The molecule has 2 atom stereocenters. The number of likely N-dealkylation sites (tertiary alicyclic amines) is 1. The highest BCUT2D eigenvalue weighted by Gasteiger charge is 2.60. The minimum absolute atomic E-state index is 0.0290. The first kappa shape index (κ1) is 16.7. The maximum atomic E-state index is 12.6. The van der Waals surface area contributed by atoms with Gasteiger partial charge in [0.25, 0.3) is 5.91 Å². The standard InChI is InChI=1S/C15H18N2O6S/c1-24(22,23)17-7-11-6-16(8-15(11,9-17)14(20)21)13(19)10-2-4-12(18)5-3-10/h2-5,11,18H,6-9H2,1H3,(H,20,21)/t11-,15-/m0/s1. The van der Waals surface area contributed by atoms with Crippen LogP contribution < -0.4 is 0 Å². The minimum Gasteiger partial charge on any atom is -0.508 e. The van der Waals surface area contributed by atoms with Gasteiger partial charge in [-0.15, -0.1) is 0 Å². The van der Waals surface area contributed by atoms with Crippen molar-refractivity contribution in [2.75, 3.05) is 32.4 Å². The lowest BCUT2D eigenvalue weighted by Crippen LogP contribution is -2.42. The maximum absolute atomic E-state index is 12.6. The molecule has 9 heteroatoms. The summed E-state index contributed by atoms with van der Waals surface area (Å²) in [4.78, 5) is 25.8. The second-order valence-electron chi connectivity index (χ2n) is 6.45. The average Bonchev–Trinajstić information content (AvgIpc) is 3.02. The number of rotatable bonds is 3. The first-order chi connectivity index (χ1) is 11.1. The van der Waals surface area contributed by atoms with Crippen molar-refractivity contribution in [1.82, 2.24) is 9.21 Å². The van der Waals surface area contributed by atoms with Crippen molar-refractivity contribution in [3.8, 4) is 5.75 Å². The van der Waals surface area contributed by atoms with Crippen molar-refractivity contribution in [2.45, 2.75) is 0 Å². The lowest BCUT2D eigenvalue weighted by atomic mass is 9.81. The third-order valence-corrected chi connectivity index (χ3v) is 6.09. The van der Waals surface area contributed by atoms with Crippen LogP contribution in [0.1, 0.15) is 10.4 Å². The molecule has 0 bridgehead atoms. The summed E-state index contributed by atoms with van der Waals surface area (Å²) >= 11 is 0. The average molecular weight is 354 g/mol. The van der Waals surface area contributed by atoms with Crippen LogP contribution in [0.2, 0.25) is 0 Å². The van der Waals surface area contributed by atoms with Crippen molar-refractivity contribution in [1.29, 1.82) is 0 Å². The summed E-state index contributed by atoms with van der Waals surface area (Å²) in [5.74, 6) is -1.81. The number of hydrogen-bond donors (Lipinski definition) is 2. The molecule has 1 amide bonds. The van der Waals surface area contributed by atoms with Gasteiger partial charge in [-0.2, -0.15) is 0 Å². The van der Waals surface area contributed by atoms with Gasteiger partial charge >= 0.3 is 5.97 Å². The number of nitrogens with zero attached hydrogens (tertiary/aromatic N) is 2. The molecule has 0 radical (unpaired) electrons. The monoisotopic (exact) mass is 354 g/mol. The van der Waals surface area contributed by atoms with E-state index in [1.165, 1.54) is 33.5 Å². The molecule has 1 aromatic rings. The number of phenols is 1. The van der Waals surface area contributed by atoms with Crippen LogP contribution in [0.3, 0.4) is 0 Å². The fourth-order valence-electron chi connectivity index (χ4n) is 3.52. The van der Waals surface area contributed by atoms with Crippen LogP contribution in [0, 0.1) is 11.3 Å². The number of carbonyl (C=O) groups excluding carboxylic acids is 1. The Bertz CT molecular complexity index is 791. The molecule has 24 heavy (non-hydrogen) atoms. The Morgan fingerprint density at radius 1 is 1.17 bits per heavy atom. The number of fused-ring (bicyclic) bond motifs is 1. The smallest absolute Gasteiger partial charge is 0.313 e. The highest BCUT2D eigenvalue weighted by molar-refractivity contribution is 7.88. The van der Waals surface area contributed by atoms with Gasteiger partial charge in [0.2, 0.25) is 10.0 Å². The zero-order valence-electron chi connectivity index (χ0n) is 13.0. The van der Waals surface area contributed by atoms with Crippen LogP contribution in [0.25, 0.3) is 0 Å². The molecule has 2 aliphatic heterocycles. The SMILES string of the molecule is CS(=O)(=O)N1C[C@@H]2CN(C(=O)c3ccc(O)cc3)C[C@]2(C(=O)O)C1. The molecule has 0 spiro atoms. The van der Waals surface area contributed by atoms with Gasteiger partial charge in [-0.05, 0) is 24.3 Å². The Labute approximate surface area is 139 Å². The van der Waals surface area contributed by atoms with E-state index in [-0.39, 0.29) is 37.8 Å². The van der Waals surface area contributed by atoms with Gasteiger partial charge in [0.1, 0.15) is 11.2 Å². The molecule has 0 aromatic heterocycles. The van der Waals surface area contributed by atoms with Gasteiger partial charge in [0, 0.05) is 37.7 Å². The highest BCUT2D eigenvalue weighted by Crippen LogP contribution is 2.44. The number of benzene rings is 1. The second kappa shape index (κ2) is 5.45. The Morgan fingerprint density at radius 3 is 2.29 bits per heavy atom. The van der Waals surface area contributed by atoms with Crippen molar-refractivity contribution in [3.05, 3.63) is 29.8 Å². The summed E-state index contributed by atoms with van der Waals surface area (Å²) in [5, 5.41) is 19.0. The summed E-state index contributed by atoms with van der Waals surface area (Å²) in [7, 11) is -3.47. The molecular formula is C15H18N2O6S. The largest absolute Gasteiger partial charge is 0.508 e. The molecule has 0 aliphatic carbocycles. The van der Waals surface area contributed by atoms with E-state index in [9.17, 15) is 28.2 Å². The van der Waals surface area contributed by atoms with Crippen LogP contribution in [0.15, 0.2) is 24.3 Å². The number of aromatic hydroxyl groups is 1. The topological polar surface area (TPSA) is 115 Å². The van der Waals surface area contributed by atoms with Gasteiger partial charge in [0.15, 0.2) is 0 Å². The third kappa shape index (κ3) is 2.63. The molecule has 2 heterocycles. The summed E-state index contributed by atoms with van der Waals surface area (Å²) in [6.45, 7) is 0.145. The number of sulfonamides is 1. The lowest BCUT2D eigenvalue weighted by molar-refractivity contribution is -0.148. The number of carboxylic acids is 1. The first-order valence-electron chi connectivity index (χ1n) is 7.40. The molecule has 1 aromatic carbocycles. The second-order valence-corrected chi connectivity index (χ2v) is 8.43. The van der Waals surface area contributed by atoms with E-state index in [4.69, 9.17) is 0 Å². The van der Waals surface area contributed by atoms with Crippen LogP contribution in [0.5, 0.6) is 5.75 Å². The zero-order valence-corrected chi connectivity index (χ0v) is 13.9. The van der Waals surface area contributed by atoms with Crippen LogP contribution >= 0.6 is 0 Å². The molecule has 2 saturated heterocycles. The van der Waals surface area contributed by atoms with Gasteiger partial charge in [-0.25, -0.2) is 12.7 Å². The summed E-state index contributed by atoms with van der Waals surface area (Å²) in [6, 6.07) is 5.73. The molecule has 2 N–H and O–H groups in total. The summed E-state index contributed by atoms with van der Waals surface area (Å²) in [5.41, 5.74) is -0.913. The molecule has 2 fully saturated rings. The third-order valence-electron chi connectivity index (χ3n) is 4.87. The van der Waals surface area contributed by atoms with E-state index in [2.05, 4.69) is 0 Å². The Hall–Kier alpha value is -2.13. The Morgan fingerprint density at radius 2 is 1.79 bits per heavy atom. The first-order valence-corrected chi connectivity index (χ1v) is 9.25. The van der Waals surface area contributed by atoms with E-state index < -0.39 is 27.3 Å². The minimum atomic E-state index is -3.47. The molecule has 0 saturated carbocycles. The number of amides is 1. The predicted octanol–water partition coefficient (Wildman–Crippen LogP) is -0.190. The van der Waals surface area contributed by atoms with E-state index in [1.807, 2.05) is 0 Å². The van der Waals surface area contributed by atoms with Gasteiger partial charge in [0.05, 0.1) is 6.26 Å². The molecule has 0 unspecified atom stereocenters. The van der Waals surface area contributed by atoms with Gasteiger partial charge < -0.3 is 15.1 Å². The fraction of sp³-hybridized carbons (Fsp3) is 0.467. The molecule has 8 nitrogen and oxygen atoms in total. The van der Waals surface area contributed by atoms with Crippen molar-refractivity contribution in [3.63, 3.8) is 0 Å². The summed E-state index contributed by atoms with van der Waals surface area (Å²) in [6.07, 6.45) is 1.06. The molecule has 130 valence electrons. The molecule has 2 aliphatic rings. The number of phenolic OH excluding ortho intramolecular Hbond substituents is 1.